The first kappa shape index (κ1) is 11.8. The second-order valence-electron chi connectivity index (χ2n) is 4.58. The van der Waals surface area contributed by atoms with Gasteiger partial charge in [0.1, 0.15) is 5.82 Å². The van der Waals surface area contributed by atoms with E-state index in [2.05, 4.69) is 38.7 Å². The van der Waals surface area contributed by atoms with Crippen LogP contribution in [0.3, 0.4) is 0 Å². The fraction of sp³-hybridized carbons (Fsp3) is 0.800. The van der Waals surface area contributed by atoms with Gasteiger partial charge in [-0.1, -0.05) is 0 Å². The lowest BCUT2D eigenvalue weighted by molar-refractivity contribution is 0.102. The van der Waals surface area contributed by atoms with Crippen LogP contribution in [0.1, 0.15) is 5.82 Å². The van der Waals surface area contributed by atoms with Crippen LogP contribution in [-0.2, 0) is 6.54 Å². The van der Waals surface area contributed by atoms with E-state index in [1.54, 1.807) is 0 Å². The molecule has 1 saturated heterocycles. The predicted molar refractivity (Wildman–Crippen MR) is 66.1 cm³/mol. The average molecular weight is 241 g/mol. The van der Waals surface area contributed by atoms with Gasteiger partial charge in [-0.2, -0.15) is 5.10 Å². The number of hydrogen-bond donors (Lipinski definition) is 1. The van der Waals surface area contributed by atoms with Crippen molar-refractivity contribution in [3.63, 3.8) is 0 Å². The van der Waals surface area contributed by atoms with Crippen LogP contribution < -0.4 is 0 Å². The predicted octanol–water partition coefficient (Wildman–Crippen LogP) is 0.495. The van der Waals surface area contributed by atoms with Gasteiger partial charge in [-0.05, 0) is 33.2 Å². The zero-order valence-electron chi connectivity index (χ0n) is 10.1. The molecule has 1 unspecified atom stereocenters. The number of nitrogens with zero attached hydrogens (tertiary/aromatic N) is 4. The molecule has 1 atom stereocenters. The molecular formula is C10H19N5S. The fourth-order valence-corrected chi connectivity index (χ4v) is 2.37. The van der Waals surface area contributed by atoms with Crippen molar-refractivity contribution in [3.05, 3.63) is 10.6 Å². The number of aromatic nitrogens is 3. The van der Waals surface area contributed by atoms with E-state index in [9.17, 15) is 0 Å². The van der Waals surface area contributed by atoms with E-state index in [4.69, 9.17) is 12.2 Å². The maximum Gasteiger partial charge on any atom is 0.195 e. The summed E-state index contributed by atoms with van der Waals surface area (Å²) in [4.78, 5) is 4.76. The Balaban J connectivity index is 2.11. The zero-order valence-corrected chi connectivity index (χ0v) is 10.9. The number of hydrogen-bond acceptors (Lipinski definition) is 4. The van der Waals surface area contributed by atoms with Crippen LogP contribution in [0.2, 0.25) is 0 Å². The molecule has 1 aliphatic rings. The number of H-pyrrole nitrogens is 1. The number of nitrogens with one attached hydrogen (secondary N) is 1. The molecule has 0 radical (unpaired) electrons. The quantitative estimate of drug-likeness (QED) is 0.765. The van der Waals surface area contributed by atoms with Crippen LogP contribution in [0.25, 0.3) is 0 Å². The Hall–Kier alpha value is -0.720. The van der Waals surface area contributed by atoms with E-state index in [0.717, 1.165) is 36.8 Å². The third-order valence-corrected chi connectivity index (χ3v) is 3.63. The Kier molecular flexibility index (Phi) is 3.41. The fourth-order valence-electron chi connectivity index (χ4n) is 2.12. The van der Waals surface area contributed by atoms with Crippen molar-refractivity contribution in [2.75, 3.05) is 33.7 Å². The van der Waals surface area contributed by atoms with Gasteiger partial charge in [0.15, 0.2) is 4.77 Å². The summed E-state index contributed by atoms with van der Waals surface area (Å²) < 4.78 is 2.80. The normalized spacial score (nSPS) is 23.8. The van der Waals surface area contributed by atoms with Gasteiger partial charge in [0, 0.05) is 32.2 Å². The summed E-state index contributed by atoms with van der Waals surface area (Å²) in [5.41, 5.74) is 0. The van der Waals surface area contributed by atoms with E-state index in [-0.39, 0.29) is 0 Å². The Morgan fingerprint density at radius 2 is 2.19 bits per heavy atom. The lowest BCUT2D eigenvalue weighted by Crippen LogP contribution is -2.51. The molecule has 6 heteroatoms. The molecule has 0 saturated carbocycles. The molecule has 2 rings (SSSR count). The van der Waals surface area contributed by atoms with Gasteiger partial charge in [0.05, 0.1) is 0 Å². The molecule has 0 spiro atoms. The first-order valence-electron chi connectivity index (χ1n) is 5.58. The largest absolute Gasteiger partial charge is 0.303 e. The van der Waals surface area contributed by atoms with Crippen molar-refractivity contribution in [2.24, 2.45) is 0 Å². The SMILES string of the molecule is Cc1n[nH]c(=S)n1CC1CN(C)CCN1C. The molecule has 0 bridgehead atoms. The standard InChI is InChI=1S/C10H19N5S/c1-8-11-12-10(16)15(8)7-9-6-13(2)4-5-14(9)3/h9H,4-7H2,1-3H3,(H,12,16). The molecule has 90 valence electrons. The lowest BCUT2D eigenvalue weighted by atomic mass is 10.2. The summed E-state index contributed by atoms with van der Waals surface area (Å²) >= 11 is 5.22. The van der Waals surface area contributed by atoms with E-state index >= 15 is 0 Å². The smallest absolute Gasteiger partial charge is 0.195 e. The van der Waals surface area contributed by atoms with E-state index in [1.165, 1.54) is 0 Å². The van der Waals surface area contributed by atoms with Crippen molar-refractivity contribution in [3.8, 4) is 0 Å². The molecule has 16 heavy (non-hydrogen) atoms. The van der Waals surface area contributed by atoms with Gasteiger partial charge < -0.3 is 9.47 Å². The van der Waals surface area contributed by atoms with Crippen LogP contribution in [-0.4, -0.2) is 64.3 Å². The third kappa shape index (κ3) is 2.34. The number of aryl methyl sites for hydroxylation is 1. The molecule has 0 amide bonds. The van der Waals surface area contributed by atoms with Gasteiger partial charge in [0.2, 0.25) is 0 Å². The highest BCUT2D eigenvalue weighted by Gasteiger charge is 2.23. The Morgan fingerprint density at radius 1 is 1.44 bits per heavy atom. The molecule has 1 N–H and O–H groups in total. The van der Waals surface area contributed by atoms with Crippen LogP contribution in [0.5, 0.6) is 0 Å². The summed E-state index contributed by atoms with van der Waals surface area (Å²) in [6.45, 7) is 6.25. The van der Waals surface area contributed by atoms with Crippen LogP contribution >= 0.6 is 12.2 Å². The second-order valence-corrected chi connectivity index (χ2v) is 4.97. The van der Waals surface area contributed by atoms with E-state index in [1.807, 2.05) is 6.92 Å². The molecule has 1 aromatic heterocycles. The minimum Gasteiger partial charge on any atom is -0.303 e. The van der Waals surface area contributed by atoms with Gasteiger partial charge in [-0.25, -0.2) is 0 Å². The first-order chi connectivity index (χ1) is 7.58. The number of aromatic amines is 1. The van der Waals surface area contributed by atoms with Gasteiger partial charge >= 0.3 is 0 Å². The Labute approximate surface area is 101 Å². The highest BCUT2D eigenvalue weighted by molar-refractivity contribution is 7.71. The molecule has 0 aliphatic carbocycles. The molecule has 1 aromatic rings. The molecular weight excluding hydrogens is 222 g/mol. The maximum absolute atomic E-state index is 5.22. The average Bonchev–Trinajstić information content (AvgIpc) is 2.55. The highest BCUT2D eigenvalue weighted by Crippen LogP contribution is 2.09. The summed E-state index contributed by atoms with van der Waals surface area (Å²) in [7, 11) is 4.35. The van der Waals surface area contributed by atoms with Crippen LogP contribution in [0.15, 0.2) is 0 Å². The van der Waals surface area contributed by atoms with Crippen molar-refractivity contribution in [2.45, 2.75) is 19.5 Å². The van der Waals surface area contributed by atoms with Gasteiger partial charge in [-0.3, -0.25) is 10.00 Å². The minimum atomic E-state index is 0.516. The lowest BCUT2D eigenvalue weighted by Gasteiger charge is -2.37. The van der Waals surface area contributed by atoms with E-state index < -0.39 is 0 Å². The zero-order chi connectivity index (χ0) is 11.7. The number of likely N-dealkylation sites (N-methyl/N-ethyl adjacent to an activating group) is 2. The third-order valence-electron chi connectivity index (χ3n) is 3.32. The van der Waals surface area contributed by atoms with Gasteiger partial charge in [-0.15, -0.1) is 0 Å². The summed E-state index contributed by atoms with van der Waals surface area (Å²) in [6, 6.07) is 0.516. The maximum atomic E-state index is 5.22. The second kappa shape index (κ2) is 4.65. The molecule has 5 nitrogen and oxygen atoms in total. The van der Waals surface area contributed by atoms with Crippen molar-refractivity contribution < 1.29 is 0 Å². The molecule has 2 heterocycles. The first-order valence-corrected chi connectivity index (χ1v) is 5.99. The minimum absolute atomic E-state index is 0.516. The summed E-state index contributed by atoms with van der Waals surface area (Å²) in [5.74, 6) is 0.964. The summed E-state index contributed by atoms with van der Waals surface area (Å²) in [5, 5.41) is 6.98. The van der Waals surface area contributed by atoms with Crippen molar-refractivity contribution >= 4 is 12.2 Å². The number of piperazine rings is 1. The van der Waals surface area contributed by atoms with Crippen LogP contribution in [0, 0.1) is 11.7 Å². The molecule has 1 fully saturated rings. The topological polar surface area (TPSA) is 40.1 Å². The van der Waals surface area contributed by atoms with Crippen molar-refractivity contribution in [1.29, 1.82) is 0 Å². The van der Waals surface area contributed by atoms with Crippen molar-refractivity contribution in [1.82, 2.24) is 24.6 Å². The monoisotopic (exact) mass is 241 g/mol. The number of rotatable bonds is 2. The molecule has 1 aliphatic heterocycles. The highest BCUT2D eigenvalue weighted by atomic mass is 32.1. The van der Waals surface area contributed by atoms with Crippen LogP contribution in [0.4, 0.5) is 0 Å². The van der Waals surface area contributed by atoms with Gasteiger partial charge in [0.25, 0.3) is 0 Å². The Morgan fingerprint density at radius 3 is 2.81 bits per heavy atom. The summed E-state index contributed by atoms with van der Waals surface area (Å²) in [6.07, 6.45) is 0. The molecule has 0 aromatic carbocycles. The van der Waals surface area contributed by atoms with E-state index in [0.29, 0.717) is 6.04 Å². The Bertz CT molecular complexity index is 410.